The van der Waals surface area contributed by atoms with Gasteiger partial charge in [0.25, 0.3) is 0 Å². The van der Waals surface area contributed by atoms with Gasteiger partial charge >= 0.3 is 5.63 Å². The highest BCUT2D eigenvalue weighted by molar-refractivity contribution is 5.82. The van der Waals surface area contributed by atoms with E-state index in [1.165, 1.54) is 6.33 Å². The average Bonchev–Trinajstić information content (AvgIpc) is 3.32. The van der Waals surface area contributed by atoms with E-state index in [1.54, 1.807) is 23.0 Å². The highest BCUT2D eigenvalue weighted by Gasteiger charge is 2.19. The molecule has 0 spiro atoms. The summed E-state index contributed by atoms with van der Waals surface area (Å²) in [6, 6.07) is 13.6. The Labute approximate surface area is 186 Å². The van der Waals surface area contributed by atoms with Gasteiger partial charge in [-0.2, -0.15) is 5.10 Å². The summed E-state index contributed by atoms with van der Waals surface area (Å²) in [4.78, 5) is 31.1. The van der Waals surface area contributed by atoms with E-state index >= 15 is 0 Å². The van der Waals surface area contributed by atoms with E-state index in [0.717, 1.165) is 27.8 Å². The first-order valence-electron chi connectivity index (χ1n) is 10.6. The van der Waals surface area contributed by atoms with Gasteiger partial charge in [0.2, 0.25) is 5.91 Å². The van der Waals surface area contributed by atoms with Gasteiger partial charge < -0.3 is 9.32 Å². The second kappa shape index (κ2) is 8.78. The molecule has 0 saturated heterocycles. The lowest BCUT2D eigenvalue weighted by molar-refractivity contribution is -0.131. The van der Waals surface area contributed by atoms with E-state index in [1.807, 2.05) is 63.2 Å². The third-order valence-electron chi connectivity index (χ3n) is 6.06. The van der Waals surface area contributed by atoms with Gasteiger partial charge in [-0.05, 0) is 62.1 Å². The van der Waals surface area contributed by atoms with Crippen molar-refractivity contribution in [1.29, 1.82) is 0 Å². The molecule has 0 saturated carbocycles. The van der Waals surface area contributed by atoms with Gasteiger partial charge in [0, 0.05) is 24.4 Å². The van der Waals surface area contributed by atoms with E-state index in [-0.39, 0.29) is 24.0 Å². The van der Waals surface area contributed by atoms with Gasteiger partial charge in [-0.15, -0.1) is 0 Å². The average molecular weight is 431 g/mol. The smallest absolute Gasteiger partial charge is 0.339 e. The molecule has 0 aliphatic heterocycles. The number of carbonyl (C=O) groups is 1. The molecule has 2 aromatic heterocycles. The Bertz CT molecular complexity index is 1310. The number of aromatic nitrogens is 3. The van der Waals surface area contributed by atoms with Crippen LogP contribution in [-0.4, -0.2) is 32.6 Å². The highest BCUT2D eigenvalue weighted by Crippen LogP contribution is 2.23. The first kappa shape index (κ1) is 21.5. The third-order valence-corrected chi connectivity index (χ3v) is 6.06. The number of carbonyl (C=O) groups excluding carboxylic acids is 1. The lowest BCUT2D eigenvalue weighted by Gasteiger charge is -2.25. The zero-order valence-corrected chi connectivity index (χ0v) is 18.7. The van der Waals surface area contributed by atoms with Gasteiger partial charge in [-0.3, -0.25) is 4.79 Å². The van der Waals surface area contributed by atoms with Gasteiger partial charge in [-0.1, -0.05) is 24.3 Å². The molecule has 1 atom stereocenters. The van der Waals surface area contributed by atoms with Crippen molar-refractivity contribution in [2.24, 2.45) is 0 Å². The van der Waals surface area contributed by atoms with Gasteiger partial charge in [0.05, 0.1) is 11.7 Å². The summed E-state index contributed by atoms with van der Waals surface area (Å²) in [5.74, 6) is -0.0272. The van der Waals surface area contributed by atoms with Crippen LogP contribution in [0.3, 0.4) is 0 Å². The van der Waals surface area contributed by atoms with Crippen LogP contribution in [0, 0.1) is 13.8 Å². The van der Waals surface area contributed by atoms with Crippen molar-refractivity contribution in [2.45, 2.75) is 39.7 Å². The Morgan fingerprint density at radius 2 is 1.91 bits per heavy atom. The molecule has 7 heteroatoms. The van der Waals surface area contributed by atoms with Crippen molar-refractivity contribution in [3.63, 3.8) is 0 Å². The maximum Gasteiger partial charge on any atom is 0.339 e. The van der Waals surface area contributed by atoms with Crippen molar-refractivity contribution in [2.75, 3.05) is 7.05 Å². The quantitative estimate of drug-likeness (QED) is 0.430. The number of benzene rings is 2. The second-order valence-corrected chi connectivity index (χ2v) is 8.10. The topological polar surface area (TPSA) is 81.2 Å². The molecule has 7 nitrogen and oxygen atoms in total. The van der Waals surface area contributed by atoms with Crippen LogP contribution in [0.5, 0.6) is 0 Å². The van der Waals surface area contributed by atoms with E-state index < -0.39 is 0 Å². The zero-order valence-electron chi connectivity index (χ0n) is 18.7. The molecule has 0 aliphatic carbocycles. The first-order chi connectivity index (χ1) is 15.3. The molecule has 1 unspecified atom stereocenters. The summed E-state index contributed by atoms with van der Waals surface area (Å²) in [6.07, 6.45) is 3.71. The third kappa shape index (κ3) is 4.19. The van der Waals surface area contributed by atoms with E-state index in [0.29, 0.717) is 17.6 Å². The van der Waals surface area contributed by atoms with Crippen LogP contribution in [0.4, 0.5) is 0 Å². The first-order valence-corrected chi connectivity index (χ1v) is 10.6. The summed E-state index contributed by atoms with van der Waals surface area (Å²) >= 11 is 0. The number of hydrogen-bond donors (Lipinski definition) is 0. The van der Waals surface area contributed by atoms with Crippen LogP contribution in [0.1, 0.15) is 41.6 Å². The predicted molar refractivity (Wildman–Crippen MR) is 123 cm³/mol. The monoisotopic (exact) mass is 430 g/mol. The Morgan fingerprint density at radius 1 is 1.16 bits per heavy atom. The summed E-state index contributed by atoms with van der Waals surface area (Å²) in [5, 5.41) is 5.03. The lowest BCUT2D eigenvalue weighted by atomic mass is 10.0. The van der Waals surface area contributed by atoms with Crippen LogP contribution in [0.15, 0.2) is 64.3 Å². The molecule has 2 aromatic carbocycles. The van der Waals surface area contributed by atoms with Gasteiger partial charge in [0.15, 0.2) is 0 Å². The normalized spacial score (nSPS) is 12.1. The maximum absolute atomic E-state index is 12.9. The fourth-order valence-electron chi connectivity index (χ4n) is 3.89. The molecule has 0 N–H and O–H groups in total. The molecular formula is C25H26N4O3. The summed E-state index contributed by atoms with van der Waals surface area (Å²) < 4.78 is 7.20. The Morgan fingerprint density at radius 3 is 2.59 bits per heavy atom. The number of amides is 1. The molecule has 4 rings (SSSR count). The van der Waals surface area contributed by atoms with E-state index in [4.69, 9.17) is 4.42 Å². The SMILES string of the molecule is Cc1ccc2c(C)c(CCC(=O)N(C)C(C)c3ccc(-n4cncn4)cc3)c(=O)oc2c1. The Balaban J connectivity index is 1.46. The molecular weight excluding hydrogens is 404 g/mol. The fraction of sp³-hybridized carbons (Fsp3) is 0.280. The molecule has 4 aromatic rings. The summed E-state index contributed by atoms with van der Waals surface area (Å²) in [7, 11) is 1.79. The minimum Gasteiger partial charge on any atom is -0.423 e. The van der Waals surface area contributed by atoms with Gasteiger partial charge in [0.1, 0.15) is 18.2 Å². The van der Waals surface area contributed by atoms with Crippen LogP contribution in [0.2, 0.25) is 0 Å². The number of rotatable bonds is 6. The summed E-state index contributed by atoms with van der Waals surface area (Å²) in [5.41, 5.74) is 4.61. The maximum atomic E-state index is 12.9. The number of hydrogen-bond acceptors (Lipinski definition) is 5. The molecule has 0 aliphatic rings. The Kier molecular flexibility index (Phi) is 5.90. The van der Waals surface area contributed by atoms with Crippen LogP contribution >= 0.6 is 0 Å². The Hall–Kier alpha value is -3.74. The highest BCUT2D eigenvalue weighted by atomic mass is 16.4. The minimum atomic E-state index is -0.368. The number of aryl methyl sites for hydroxylation is 2. The zero-order chi connectivity index (χ0) is 22.8. The van der Waals surface area contributed by atoms with Crippen molar-refractivity contribution in [1.82, 2.24) is 19.7 Å². The van der Waals surface area contributed by atoms with E-state index in [9.17, 15) is 9.59 Å². The standard InChI is InChI=1S/C25H26N4O3/c1-16-5-10-21-17(2)22(25(31)32-23(21)13-16)11-12-24(30)28(4)18(3)19-6-8-20(9-7-19)29-15-26-14-27-29/h5-10,13-15,18H,11-12H2,1-4H3. The second-order valence-electron chi connectivity index (χ2n) is 8.10. The molecule has 164 valence electrons. The van der Waals surface area contributed by atoms with Crippen molar-refractivity contribution in [3.8, 4) is 5.69 Å². The van der Waals surface area contributed by atoms with Crippen molar-refractivity contribution < 1.29 is 9.21 Å². The summed E-state index contributed by atoms with van der Waals surface area (Å²) in [6.45, 7) is 5.86. The van der Waals surface area contributed by atoms with Crippen LogP contribution < -0.4 is 5.63 Å². The molecule has 32 heavy (non-hydrogen) atoms. The van der Waals surface area contributed by atoms with Crippen molar-refractivity contribution in [3.05, 3.63) is 87.8 Å². The van der Waals surface area contributed by atoms with E-state index in [2.05, 4.69) is 10.1 Å². The minimum absolute atomic E-state index is 0.0272. The van der Waals surface area contributed by atoms with Gasteiger partial charge in [-0.25, -0.2) is 14.5 Å². The molecule has 2 heterocycles. The molecule has 0 bridgehead atoms. The number of fused-ring (bicyclic) bond motifs is 1. The predicted octanol–water partition coefficient (Wildman–Crippen LogP) is 4.14. The molecule has 1 amide bonds. The molecule has 0 radical (unpaired) electrons. The number of nitrogens with zero attached hydrogens (tertiary/aromatic N) is 4. The van der Waals surface area contributed by atoms with Crippen LogP contribution in [-0.2, 0) is 11.2 Å². The largest absolute Gasteiger partial charge is 0.423 e. The fourth-order valence-corrected chi connectivity index (χ4v) is 3.89. The van der Waals surface area contributed by atoms with Crippen molar-refractivity contribution >= 4 is 16.9 Å². The van der Waals surface area contributed by atoms with Crippen LogP contribution in [0.25, 0.3) is 16.7 Å². The lowest BCUT2D eigenvalue weighted by Crippen LogP contribution is -2.30. The molecule has 0 fully saturated rings.